The number of fused-ring (bicyclic) bond motifs is 2. The molecule has 32 heavy (non-hydrogen) atoms. The highest BCUT2D eigenvalue weighted by Gasteiger charge is 2.38. The average molecular weight is 456 g/mol. The van der Waals surface area contributed by atoms with Crippen LogP contribution in [0.15, 0.2) is 42.5 Å². The van der Waals surface area contributed by atoms with Crippen molar-refractivity contribution in [3.63, 3.8) is 0 Å². The predicted molar refractivity (Wildman–Crippen MR) is 127 cm³/mol. The first-order valence-corrected chi connectivity index (χ1v) is 12.7. The Morgan fingerprint density at radius 2 is 2.06 bits per heavy atom. The fraction of sp³-hybridized carbons (Fsp3) is 0.478. The Hall–Kier alpha value is -2.49. The molecule has 5 rings (SSSR count). The summed E-state index contributed by atoms with van der Waals surface area (Å²) in [5, 5.41) is 3.96. The van der Waals surface area contributed by atoms with Gasteiger partial charge in [-0.15, -0.1) is 0 Å². The van der Waals surface area contributed by atoms with E-state index in [1.807, 2.05) is 42.2 Å². The number of allylic oxidation sites excluding steroid dienone is 2. The summed E-state index contributed by atoms with van der Waals surface area (Å²) in [6.07, 6.45) is 7.52. The zero-order chi connectivity index (χ0) is 22.3. The third-order valence-corrected chi connectivity index (χ3v) is 8.77. The number of aryl methyl sites for hydroxylation is 1. The second-order valence-electron chi connectivity index (χ2n) is 9.15. The molecule has 1 aromatic heterocycles. The van der Waals surface area contributed by atoms with Gasteiger partial charge in [0.2, 0.25) is 5.95 Å². The third kappa shape index (κ3) is 3.89. The Labute approximate surface area is 188 Å². The summed E-state index contributed by atoms with van der Waals surface area (Å²) in [6, 6.07) is 6.10. The number of ether oxygens (including phenoxy) is 1. The first-order valence-electron chi connectivity index (χ1n) is 11.0. The molecule has 0 saturated carbocycles. The van der Waals surface area contributed by atoms with E-state index in [9.17, 15) is 8.42 Å². The fourth-order valence-electron chi connectivity index (χ4n) is 4.54. The van der Waals surface area contributed by atoms with E-state index in [0.29, 0.717) is 45.3 Å². The molecule has 0 bridgehead atoms. The smallest absolute Gasteiger partial charge is 0.227 e. The zero-order valence-electron chi connectivity index (χ0n) is 18.2. The summed E-state index contributed by atoms with van der Waals surface area (Å²) < 4.78 is 31.0. The van der Waals surface area contributed by atoms with Crippen LogP contribution in [-0.4, -0.2) is 68.8 Å². The van der Waals surface area contributed by atoms with Gasteiger partial charge in [0, 0.05) is 42.9 Å². The van der Waals surface area contributed by atoms with Crippen molar-refractivity contribution in [2.45, 2.75) is 12.2 Å². The maximum Gasteiger partial charge on any atom is 0.227 e. The average Bonchev–Trinajstić information content (AvgIpc) is 2.89. The molecule has 0 amide bonds. The maximum atomic E-state index is 12.8. The molecule has 2 fully saturated rings. The van der Waals surface area contributed by atoms with Crippen LogP contribution in [0.2, 0.25) is 0 Å². The van der Waals surface area contributed by atoms with Gasteiger partial charge in [-0.05, 0) is 19.1 Å². The largest absolute Gasteiger partial charge is 0.380 e. The maximum absolute atomic E-state index is 12.8. The number of sulfone groups is 1. The van der Waals surface area contributed by atoms with Gasteiger partial charge in [-0.2, -0.15) is 4.98 Å². The summed E-state index contributed by atoms with van der Waals surface area (Å²) >= 11 is 0. The molecular formula is C23H29N5O3S. The van der Waals surface area contributed by atoms with Crippen LogP contribution < -0.4 is 16.0 Å². The first kappa shape index (κ1) is 21.4. The van der Waals surface area contributed by atoms with Gasteiger partial charge >= 0.3 is 0 Å². The lowest BCUT2D eigenvalue weighted by molar-refractivity contribution is -0.0979. The van der Waals surface area contributed by atoms with Crippen molar-refractivity contribution >= 4 is 32.5 Å². The van der Waals surface area contributed by atoms with Crippen molar-refractivity contribution in [1.82, 2.24) is 9.97 Å². The van der Waals surface area contributed by atoms with E-state index < -0.39 is 15.1 Å². The lowest BCUT2D eigenvalue weighted by Crippen LogP contribution is -2.52. The van der Waals surface area contributed by atoms with E-state index in [1.165, 1.54) is 0 Å². The number of aromatic nitrogens is 2. The Kier molecular flexibility index (Phi) is 5.43. The fourth-order valence-corrected chi connectivity index (χ4v) is 6.33. The SMILES string of the molecule is Cc1ccc2nc(N3CCS(=O)(=O)C4C=CC=CC4C3)nc(NCC3(CN)COC3)c2c1. The number of rotatable bonds is 5. The van der Waals surface area contributed by atoms with Gasteiger partial charge in [-0.1, -0.05) is 35.9 Å². The lowest BCUT2D eigenvalue weighted by atomic mass is 9.86. The molecule has 0 spiro atoms. The molecule has 1 aliphatic carbocycles. The summed E-state index contributed by atoms with van der Waals surface area (Å²) in [5.74, 6) is 1.26. The number of benzene rings is 1. The highest BCUT2D eigenvalue weighted by Crippen LogP contribution is 2.31. The van der Waals surface area contributed by atoms with Crippen LogP contribution in [0.1, 0.15) is 5.56 Å². The van der Waals surface area contributed by atoms with Crippen LogP contribution in [0.4, 0.5) is 11.8 Å². The predicted octanol–water partition coefficient (Wildman–Crippen LogP) is 1.67. The Morgan fingerprint density at radius 1 is 1.25 bits per heavy atom. The van der Waals surface area contributed by atoms with E-state index in [4.69, 9.17) is 20.4 Å². The lowest BCUT2D eigenvalue weighted by Gasteiger charge is -2.40. The van der Waals surface area contributed by atoms with Crippen molar-refractivity contribution in [3.05, 3.63) is 48.1 Å². The van der Waals surface area contributed by atoms with Gasteiger partial charge in [0.05, 0.1) is 29.7 Å². The van der Waals surface area contributed by atoms with Gasteiger partial charge in [-0.3, -0.25) is 0 Å². The van der Waals surface area contributed by atoms with Gasteiger partial charge in [0.15, 0.2) is 9.84 Å². The molecule has 1 aromatic carbocycles. The molecule has 2 saturated heterocycles. The van der Waals surface area contributed by atoms with E-state index in [1.54, 1.807) is 6.08 Å². The van der Waals surface area contributed by atoms with Gasteiger partial charge in [0.1, 0.15) is 5.82 Å². The van der Waals surface area contributed by atoms with Crippen LogP contribution in [-0.2, 0) is 14.6 Å². The Bertz CT molecular complexity index is 1180. The van der Waals surface area contributed by atoms with Crippen LogP contribution in [0.5, 0.6) is 0 Å². The minimum absolute atomic E-state index is 0.0790. The molecule has 2 unspecified atom stereocenters. The molecule has 170 valence electrons. The summed E-state index contributed by atoms with van der Waals surface area (Å²) in [4.78, 5) is 11.7. The summed E-state index contributed by atoms with van der Waals surface area (Å²) in [6.45, 7) is 5.45. The van der Waals surface area contributed by atoms with Crippen LogP contribution in [0, 0.1) is 18.3 Å². The number of hydrogen-bond acceptors (Lipinski definition) is 8. The summed E-state index contributed by atoms with van der Waals surface area (Å²) in [5.41, 5.74) is 7.87. The van der Waals surface area contributed by atoms with Gasteiger partial charge in [-0.25, -0.2) is 13.4 Å². The molecule has 3 heterocycles. The van der Waals surface area contributed by atoms with Crippen molar-refractivity contribution in [1.29, 1.82) is 0 Å². The molecule has 9 heteroatoms. The molecule has 2 aromatic rings. The second kappa shape index (κ2) is 8.13. The zero-order valence-corrected chi connectivity index (χ0v) is 19.0. The third-order valence-electron chi connectivity index (χ3n) is 6.69. The number of nitrogens with zero attached hydrogens (tertiary/aromatic N) is 3. The molecule has 3 aliphatic rings. The van der Waals surface area contributed by atoms with Gasteiger partial charge < -0.3 is 20.7 Å². The minimum Gasteiger partial charge on any atom is -0.380 e. The van der Waals surface area contributed by atoms with E-state index in [0.717, 1.165) is 22.3 Å². The molecule has 3 N–H and O–H groups in total. The van der Waals surface area contributed by atoms with Crippen molar-refractivity contribution in [2.24, 2.45) is 17.1 Å². The molecule has 0 radical (unpaired) electrons. The molecular weight excluding hydrogens is 426 g/mol. The molecule has 8 nitrogen and oxygen atoms in total. The van der Waals surface area contributed by atoms with Gasteiger partial charge in [0.25, 0.3) is 0 Å². The standard InChI is InChI=1S/C23H29N5O3S/c1-16-6-7-19-18(10-16)21(25-13-23(12-24)14-31-15-23)27-22(26-19)28-8-9-32(29,30)20-5-3-2-4-17(20)11-28/h2-7,10,17,20H,8-9,11-15,24H2,1H3,(H,25,26,27). The first-order chi connectivity index (χ1) is 15.4. The number of hydrogen-bond donors (Lipinski definition) is 2. The minimum atomic E-state index is -3.23. The van der Waals surface area contributed by atoms with Crippen LogP contribution in [0.25, 0.3) is 10.9 Å². The van der Waals surface area contributed by atoms with E-state index in [-0.39, 0.29) is 17.1 Å². The number of anilines is 2. The van der Waals surface area contributed by atoms with Crippen molar-refractivity contribution in [2.75, 3.05) is 55.4 Å². The number of nitrogens with two attached hydrogens (primary N) is 1. The highest BCUT2D eigenvalue weighted by molar-refractivity contribution is 7.92. The molecule has 2 atom stereocenters. The van der Waals surface area contributed by atoms with Crippen LogP contribution in [0.3, 0.4) is 0 Å². The highest BCUT2D eigenvalue weighted by atomic mass is 32.2. The van der Waals surface area contributed by atoms with Crippen molar-refractivity contribution < 1.29 is 13.2 Å². The molecule has 2 aliphatic heterocycles. The number of nitrogens with one attached hydrogen (secondary N) is 1. The van der Waals surface area contributed by atoms with E-state index in [2.05, 4.69) is 11.4 Å². The normalized spacial score (nSPS) is 25.8. The topological polar surface area (TPSA) is 110 Å². The van der Waals surface area contributed by atoms with Crippen molar-refractivity contribution in [3.8, 4) is 0 Å². The van der Waals surface area contributed by atoms with E-state index >= 15 is 0 Å². The summed E-state index contributed by atoms with van der Waals surface area (Å²) in [7, 11) is -3.23. The van der Waals surface area contributed by atoms with Crippen LogP contribution >= 0.6 is 0 Å². The quantitative estimate of drug-likeness (QED) is 0.701. The second-order valence-corrected chi connectivity index (χ2v) is 11.4. The Morgan fingerprint density at radius 3 is 2.81 bits per heavy atom. The Balaban J connectivity index is 1.50. The monoisotopic (exact) mass is 455 g/mol.